The van der Waals surface area contributed by atoms with Gasteiger partial charge in [0.25, 0.3) is 0 Å². The largest absolute Gasteiger partial charge is 0.494 e. The molecule has 2 aromatic carbocycles. The van der Waals surface area contributed by atoms with Crippen molar-refractivity contribution in [2.24, 2.45) is 0 Å². The first-order chi connectivity index (χ1) is 16.0. The number of hydrogen-bond acceptors (Lipinski definition) is 4. The normalized spacial score (nSPS) is 18.6. The second-order valence-electron chi connectivity index (χ2n) is 8.93. The second-order valence-corrected chi connectivity index (χ2v) is 8.93. The van der Waals surface area contributed by atoms with E-state index in [-0.39, 0.29) is 5.91 Å². The Kier molecular flexibility index (Phi) is 5.81. The number of ether oxygens (including phenoxy) is 1. The standard InChI is InChI=1S/C26H29N3O4/c1-18-6-4-13-27(18)14-5-15-33-20-10-11-22-19(16-20)9-12-25(30)29(22)24-17-28(26(31)32)23-8-3-2-7-21(23)24/h2-3,7-8,10-11,16-18H,4-6,9,12-15H2,1H3,(H,31,32)/t18-/m1/s1. The Bertz CT molecular complexity index is 1200. The highest BCUT2D eigenvalue weighted by atomic mass is 16.5. The highest BCUT2D eigenvalue weighted by molar-refractivity contribution is 6.11. The lowest BCUT2D eigenvalue weighted by molar-refractivity contribution is -0.118. The molecule has 1 saturated heterocycles. The van der Waals surface area contributed by atoms with Crippen molar-refractivity contribution in [1.82, 2.24) is 9.47 Å². The van der Waals surface area contributed by atoms with Crippen LogP contribution in [0.1, 0.15) is 38.2 Å². The Hall–Kier alpha value is -3.32. The Morgan fingerprint density at radius 1 is 1.15 bits per heavy atom. The molecule has 7 nitrogen and oxygen atoms in total. The van der Waals surface area contributed by atoms with Gasteiger partial charge in [-0.25, -0.2) is 4.79 Å². The zero-order valence-corrected chi connectivity index (χ0v) is 18.9. The summed E-state index contributed by atoms with van der Waals surface area (Å²) in [4.78, 5) is 28.9. The molecule has 0 aliphatic carbocycles. The molecule has 1 aromatic heterocycles. The number of amides is 1. The molecule has 172 valence electrons. The van der Waals surface area contributed by atoms with Crippen molar-refractivity contribution in [1.29, 1.82) is 0 Å². The molecule has 3 aromatic rings. The van der Waals surface area contributed by atoms with E-state index in [0.717, 1.165) is 35.4 Å². The molecule has 1 fully saturated rings. The highest BCUT2D eigenvalue weighted by Crippen LogP contribution is 2.40. The maximum Gasteiger partial charge on any atom is 0.416 e. The lowest BCUT2D eigenvalue weighted by atomic mass is 10.00. The van der Waals surface area contributed by atoms with Gasteiger partial charge in [-0.15, -0.1) is 0 Å². The summed E-state index contributed by atoms with van der Waals surface area (Å²) < 4.78 is 7.20. The Morgan fingerprint density at radius 2 is 2.00 bits per heavy atom. The Balaban J connectivity index is 1.37. The molecule has 1 amide bonds. The number of rotatable bonds is 6. The molecule has 33 heavy (non-hydrogen) atoms. The van der Waals surface area contributed by atoms with Crippen molar-refractivity contribution in [3.8, 4) is 5.75 Å². The molecule has 7 heteroatoms. The highest BCUT2D eigenvalue weighted by Gasteiger charge is 2.29. The first-order valence-electron chi connectivity index (χ1n) is 11.7. The molecule has 0 bridgehead atoms. The van der Waals surface area contributed by atoms with Crippen LogP contribution in [0.25, 0.3) is 10.9 Å². The summed E-state index contributed by atoms with van der Waals surface area (Å²) >= 11 is 0. The summed E-state index contributed by atoms with van der Waals surface area (Å²) in [6.07, 6.45) is 5.03. The van der Waals surface area contributed by atoms with Crippen LogP contribution < -0.4 is 9.64 Å². The molecule has 0 radical (unpaired) electrons. The average molecular weight is 448 g/mol. The number of fused-ring (bicyclic) bond motifs is 2. The van der Waals surface area contributed by atoms with Crippen molar-refractivity contribution >= 4 is 34.3 Å². The average Bonchev–Trinajstić information content (AvgIpc) is 3.40. The molecule has 5 rings (SSSR count). The molecule has 2 aliphatic heterocycles. The smallest absolute Gasteiger partial charge is 0.416 e. The monoisotopic (exact) mass is 447 g/mol. The predicted molar refractivity (Wildman–Crippen MR) is 128 cm³/mol. The number of carbonyl (C=O) groups is 2. The Morgan fingerprint density at radius 3 is 2.79 bits per heavy atom. The van der Waals surface area contributed by atoms with Gasteiger partial charge in [-0.2, -0.15) is 0 Å². The van der Waals surface area contributed by atoms with Crippen LogP contribution in [0, 0.1) is 0 Å². The number of carbonyl (C=O) groups excluding carboxylic acids is 1. The number of hydrogen-bond donors (Lipinski definition) is 1. The van der Waals surface area contributed by atoms with Gasteiger partial charge in [0.05, 0.1) is 23.5 Å². The molecule has 2 aliphatic rings. The SMILES string of the molecule is C[C@@H]1CCCN1CCCOc1ccc2c(c1)CCC(=O)N2c1cn(C(=O)O)c2ccccc12. The van der Waals surface area contributed by atoms with Gasteiger partial charge in [0.1, 0.15) is 5.75 Å². The van der Waals surface area contributed by atoms with Crippen LogP contribution in [-0.2, 0) is 11.2 Å². The zero-order chi connectivity index (χ0) is 22.9. The number of anilines is 2. The molecule has 0 unspecified atom stereocenters. The fourth-order valence-electron chi connectivity index (χ4n) is 5.10. The topological polar surface area (TPSA) is 75.0 Å². The minimum absolute atomic E-state index is 0.0378. The van der Waals surface area contributed by atoms with Gasteiger partial charge in [0, 0.05) is 30.6 Å². The molecule has 0 saturated carbocycles. The second kappa shape index (κ2) is 8.90. The predicted octanol–water partition coefficient (Wildman–Crippen LogP) is 5.03. The maximum atomic E-state index is 13.0. The minimum Gasteiger partial charge on any atom is -0.494 e. The number of carboxylic acid groups (broad SMARTS) is 1. The van der Waals surface area contributed by atoms with Gasteiger partial charge in [0.15, 0.2) is 0 Å². The van der Waals surface area contributed by atoms with Crippen molar-refractivity contribution in [3.63, 3.8) is 0 Å². The summed E-state index contributed by atoms with van der Waals surface area (Å²) in [5, 5.41) is 10.4. The van der Waals surface area contributed by atoms with Crippen LogP contribution in [0.5, 0.6) is 5.75 Å². The molecule has 1 N–H and O–H groups in total. The van der Waals surface area contributed by atoms with Crippen LogP contribution in [0.4, 0.5) is 16.2 Å². The van der Waals surface area contributed by atoms with E-state index in [0.29, 0.717) is 36.7 Å². The van der Waals surface area contributed by atoms with Crippen molar-refractivity contribution < 1.29 is 19.4 Å². The van der Waals surface area contributed by atoms with Crippen LogP contribution in [0.15, 0.2) is 48.7 Å². The fourth-order valence-corrected chi connectivity index (χ4v) is 5.10. The van der Waals surface area contributed by atoms with Crippen LogP contribution in [0.3, 0.4) is 0 Å². The Labute approximate surface area is 193 Å². The van der Waals surface area contributed by atoms with Crippen LogP contribution in [0.2, 0.25) is 0 Å². The zero-order valence-electron chi connectivity index (χ0n) is 18.9. The van der Waals surface area contributed by atoms with Crippen molar-refractivity contribution in [2.75, 3.05) is 24.6 Å². The van der Waals surface area contributed by atoms with Crippen LogP contribution >= 0.6 is 0 Å². The maximum absolute atomic E-state index is 13.0. The molecule has 3 heterocycles. The summed E-state index contributed by atoms with van der Waals surface area (Å²) in [5.74, 6) is 0.773. The van der Waals surface area contributed by atoms with Gasteiger partial charge in [0.2, 0.25) is 5.91 Å². The molecular formula is C26H29N3O4. The number of para-hydroxylation sites is 1. The van der Waals surface area contributed by atoms with E-state index in [2.05, 4.69) is 11.8 Å². The van der Waals surface area contributed by atoms with E-state index in [4.69, 9.17) is 4.74 Å². The first kappa shape index (κ1) is 21.5. The third kappa shape index (κ3) is 4.09. The quantitative estimate of drug-likeness (QED) is 0.537. The third-order valence-electron chi connectivity index (χ3n) is 6.84. The lowest BCUT2D eigenvalue weighted by Gasteiger charge is -2.29. The first-order valence-corrected chi connectivity index (χ1v) is 11.7. The van der Waals surface area contributed by atoms with Gasteiger partial charge < -0.3 is 14.7 Å². The summed E-state index contributed by atoms with van der Waals surface area (Å²) in [6, 6.07) is 13.8. The van der Waals surface area contributed by atoms with Crippen molar-refractivity contribution in [3.05, 3.63) is 54.2 Å². The van der Waals surface area contributed by atoms with Gasteiger partial charge in [-0.3, -0.25) is 14.3 Å². The third-order valence-corrected chi connectivity index (χ3v) is 6.84. The summed E-state index contributed by atoms with van der Waals surface area (Å²) in [6.45, 7) is 5.19. The number of aryl methyl sites for hydroxylation is 1. The van der Waals surface area contributed by atoms with Crippen molar-refractivity contribution in [2.45, 2.75) is 45.1 Å². The van der Waals surface area contributed by atoms with E-state index in [1.807, 2.05) is 30.3 Å². The van der Waals surface area contributed by atoms with E-state index in [9.17, 15) is 14.7 Å². The number of aromatic nitrogens is 1. The number of likely N-dealkylation sites (tertiary alicyclic amines) is 1. The summed E-state index contributed by atoms with van der Waals surface area (Å²) in [7, 11) is 0. The fraction of sp³-hybridized carbons (Fsp3) is 0.385. The molecule has 1 atom stereocenters. The van der Waals surface area contributed by atoms with E-state index in [1.54, 1.807) is 17.0 Å². The minimum atomic E-state index is -1.07. The van der Waals surface area contributed by atoms with Gasteiger partial charge >= 0.3 is 6.09 Å². The van der Waals surface area contributed by atoms with Crippen LogP contribution in [-0.4, -0.2) is 52.3 Å². The van der Waals surface area contributed by atoms with E-state index >= 15 is 0 Å². The van der Waals surface area contributed by atoms with E-state index in [1.165, 1.54) is 30.2 Å². The molecule has 0 spiro atoms. The molecular weight excluding hydrogens is 418 g/mol. The lowest BCUT2D eigenvalue weighted by Crippen LogP contribution is -2.30. The number of nitrogens with zero attached hydrogens (tertiary/aromatic N) is 3. The van der Waals surface area contributed by atoms with Gasteiger partial charge in [-0.1, -0.05) is 18.2 Å². The summed E-state index contributed by atoms with van der Waals surface area (Å²) in [5.41, 5.74) is 2.98. The van der Waals surface area contributed by atoms with E-state index < -0.39 is 6.09 Å². The van der Waals surface area contributed by atoms with Gasteiger partial charge in [-0.05, 0) is 69.0 Å². The number of benzene rings is 2.